The molecule has 88 valence electrons. The third kappa shape index (κ3) is 1.60. The highest BCUT2D eigenvalue weighted by Crippen LogP contribution is 2.35. The minimum atomic E-state index is 0.409. The third-order valence-electron chi connectivity index (χ3n) is 3.65. The molecule has 1 unspecified atom stereocenters. The molecule has 16 heavy (non-hydrogen) atoms. The number of nitrogens with two attached hydrogens (primary N) is 1. The van der Waals surface area contributed by atoms with E-state index in [0.29, 0.717) is 16.9 Å². The number of halogens is 1. The summed E-state index contributed by atoms with van der Waals surface area (Å²) in [6.07, 6.45) is 3.86. The third-order valence-corrected chi connectivity index (χ3v) is 4.12. The summed E-state index contributed by atoms with van der Waals surface area (Å²) >= 11 is 6.07. The van der Waals surface area contributed by atoms with E-state index in [2.05, 4.69) is 10.00 Å². The number of hydrogen-bond acceptors (Lipinski definition) is 3. The van der Waals surface area contributed by atoms with Crippen LogP contribution in [0.25, 0.3) is 0 Å². The predicted octanol–water partition coefficient (Wildman–Crippen LogP) is 1.84. The zero-order chi connectivity index (χ0) is 11.3. The van der Waals surface area contributed by atoms with Crippen LogP contribution in [0.3, 0.4) is 0 Å². The van der Waals surface area contributed by atoms with Crippen molar-refractivity contribution in [1.29, 1.82) is 0 Å². The highest BCUT2D eigenvalue weighted by Gasteiger charge is 2.36. The molecule has 0 spiro atoms. The SMILES string of the molecule is Cc1nn(C2CCN(C3CC3)C2)c(N)c1Cl. The minimum Gasteiger partial charge on any atom is -0.383 e. The molecule has 0 radical (unpaired) electrons. The summed E-state index contributed by atoms with van der Waals surface area (Å²) in [5.41, 5.74) is 6.81. The highest BCUT2D eigenvalue weighted by molar-refractivity contribution is 6.33. The maximum Gasteiger partial charge on any atom is 0.141 e. The first-order valence-electron chi connectivity index (χ1n) is 5.91. The van der Waals surface area contributed by atoms with Gasteiger partial charge in [0.2, 0.25) is 0 Å². The van der Waals surface area contributed by atoms with E-state index in [9.17, 15) is 0 Å². The van der Waals surface area contributed by atoms with Crippen molar-refractivity contribution in [2.75, 3.05) is 18.8 Å². The fourth-order valence-corrected chi connectivity index (χ4v) is 2.69. The van der Waals surface area contributed by atoms with E-state index in [1.165, 1.54) is 19.4 Å². The van der Waals surface area contributed by atoms with Crippen LogP contribution in [0, 0.1) is 6.92 Å². The topological polar surface area (TPSA) is 47.1 Å². The standard InChI is InChI=1S/C11H17ClN4/c1-7-10(12)11(13)16(14-7)9-4-5-15(6-9)8-2-3-8/h8-9H,2-6,13H2,1H3. The average Bonchev–Trinajstić information content (AvgIpc) is 2.96. The first kappa shape index (κ1) is 10.4. The first-order valence-corrected chi connectivity index (χ1v) is 6.28. The van der Waals surface area contributed by atoms with Gasteiger partial charge < -0.3 is 5.73 Å². The molecular formula is C11H17ClN4. The molecule has 0 amide bonds. The minimum absolute atomic E-state index is 0.409. The summed E-state index contributed by atoms with van der Waals surface area (Å²) in [4.78, 5) is 2.55. The van der Waals surface area contributed by atoms with Crippen molar-refractivity contribution in [1.82, 2.24) is 14.7 Å². The van der Waals surface area contributed by atoms with E-state index in [1.54, 1.807) is 0 Å². The Kier molecular flexibility index (Phi) is 2.37. The van der Waals surface area contributed by atoms with Gasteiger partial charge in [0.05, 0.1) is 11.7 Å². The Hall–Kier alpha value is -0.740. The Balaban J connectivity index is 1.79. The molecule has 2 fully saturated rings. The Morgan fingerprint density at radius 3 is 2.62 bits per heavy atom. The Morgan fingerprint density at radius 1 is 1.31 bits per heavy atom. The smallest absolute Gasteiger partial charge is 0.141 e. The molecular weight excluding hydrogens is 224 g/mol. The largest absolute Gasteiger partial charge is 0.383 e. The lowest BCUT2D eigenvalue weighted by Crippen LogP contribution is -2.24. The van der Waals surface area contributed by atoms with Gasteiger partial charge in [-0.2, -0.15) is 5.10 Å². The molecule has 2 N–H and O–H groups in total. The average molecular weight is 241 g/mol. The van der Waals surface area contributed by atoms with Crippen molar-refractivity contribution in [3.8, 4) is 0 Å². The molecule has 1 aromatic rings. The van der Waals surface area contributed by atoms with Gasteiger partial charge in [-0.1, -0.05) is 11.6 Å². The van der Waals surface area contributed by atoms with Gasteiger partial charge in [0, 0.05) is 19.1 Å². The van der Waals surface area contributed by atoms with Crippen LogP contribution in [0.5, 0.6) is 0 Å². The number of aromatic nitrogens is 2. The summed E-state index contributed by atoms with van der Waals surface area (Å²) in [6, 6.07) is 1.24. The number of nitrogen functional groups attached to an aromatic ring is 1. The molecule has 0 bridgehead atoms. The molecule has 1 aliphatic heterocycles. The van der Waals surface area contributed by atoms with Crippen LogP contribution < -0.4 is 5.73 Å². The lowest BCUT2D eigenvalue weighted by Gasteiger charge is -2.15. The fourth-order valence-electron chi connectivity index (χ4n) is 2.56. The number of hydrogen-bond donors (Lipinski definition) is 1. The number of likely N-dealkylation sites (tertiary alicyclic amines) is 1. The Bertz CT molecular complexity index is 410. The molecule has 4 nitrogen and oxygen atoms in total. The van der Waals surface area contributed by atoms with E-state index in [4.69, 9.17) is 17.3 Å². The van der Waals surface area contributed by atoms with E-state index >= 15 is 0 Å². The second-order valence-corrected chi connectivity index (χ2v) is 5.28. The maximum atomic E-state index is 6.07. The molecule has 3 rings (SSSR count). The summed E-state index contributed by atoms with van der Waals surface area (Å²) < 4.78 is 1.92. The Morgan fingerprint density at radius 2 is 2.06 bits per heavy atom. The number of rotatable bonds is 2. The molecule has 1 saturated heterocycles. The van der Waals surface area contributed by atoms with Gasteiger partial charge in [-0.25, -0.2) is 4.68 Å². The number of nitrogens with zero attached hydrogens (tertiary/aromatic N) is 3. The van der Waals surface area contributed by atoms with Gasteiger partial charge in [0.25, 0.3) is 0 Å². The van der Waals surface area contributed by atoms with Gasteiger partial charge in [0.15, 0.2) is 0 Å². The van der Waals surface area contributed by atoms with E-state index in [1.807, 2.05) is 11.6 Å². The lowest BCUT2D eigenvalue weighted by molar-refractivity contribution is 0.310. The van der Waals surface area contributed by atoms with Gasteiger partial charge >= 0.3 is 0 Å². The predicted molar refractivity (Wildman–Crippen MR) is 64.6 cm³/mol. The van der Waals surface area contributed by atoms with Crippen LogP contribution in [0.15, 0.2) is 0 Å². The molecule has 1 atom stereocenters. The van der Waals surface area contributed by atoms with Gasteiger partial charge in [-0.05, 0) is 26.2 Å². The second-order valence-electron chi connectivity index (χ2n) is 4.90. The quantitative estimate of drug-likeness (QED) is 0.858. The van der Waals surface area contributed by atoms with Crippen molar-refractivity contribution in [2.45, 2.75) is 38.3 Å². The van der Waals surface area contributed by atoms with Crippen LogP contribution in [-0.2, 0) is 0 Å². The number of aryl methyl sites for hydroxylation is 1. The van der Waals surface area contributed by atoms with Crippen molar-refractivity contribution >= 4 is 17.4 Å². The number of anilines is 1. The van der Waals surface area contributed by atoms with Crippen LogP contribution >= 0.6 is 11.6 Å². The molecule has 5 heteroatoms. The molecule has 1 saturated carbocycles. The molecule has 1 aliphatic carbocycles. The molecule has 0 aromatic carbocycles. The first-order chi connectivity index (χ1) is 7.66. The summed E-state index contributed by atoms with van der Waals surface area (Å²) in [5, 5.41) is 5.05. The zero-order valence-electron chi connectivity index (χ0n) is 9.49. The van der Waals surface area contributed by atoms with Crippen molar-refractivity contribution in [3.05, 3.63) is 10.7 Å². The van der Waals surface area contributed by atoms with E-state index in [0.717, 1.165) is 24.7 Å². The second kappa shape index (κ2) is 3.64. The van der Waals surface area contributed by atoms with Crippen LogP contribution in [0.2, 0.25) is 5.02 Å². The molecule has 2 heterocycles. The fraction of sp³-hybridized carbons (Fsp3) is 0.727. The van der Waals surface area contributed by atoms with E-state index in [-0.39, 0.29) is 0 Å². The van der Waals surface area contributed by atoms with Crippen molar-refractivity contribution in [2.24, 2.45) is 0 Å². The highest BCUT2D eigenvalue weighted by atomic mass is 35.5. The molecule has 2 aliphatic rings. The van der Waals surface area contributed by atoms with Crippen molar-refractivity contribution in [3.63, 3.8) is 0 Å². The maximum absolute atomic E-state index is 6.07. The normalized spacial score (nSPS) is 26.5. The summed E-state index contributed by atoms with van der Waals surface area (Å²) in [6.45, 7) is 4.15. The molecule has 1 aromatic heterocycles. The lowest BCUT2D eigenvalue weighted by atomic mass is 10.3. The van der Waals surface area contributed by atoms with Gasteiger partial charge in [-0.15, -0.1) is 0 Å². The van der Waals surface area contributed by atoms with Crippen LogP contribution in [0.4, 0.5) is 5.82 Å². The van der Waals surface area contributed by atoms with Gasteiger partial charge in [0.1, 0.15) is 10.8 Å². The van der Waals surface area contributed by atoms with Crippen molar-refractivity contribution < 1.29 is 0 Å². The van der Waals surface area contributed by atoms with E-state index < -0.39 is 0 Å². The zero-order valence-corrected chi connectivity index (χ0v) is 10.2. The van der Waals surface area contributed by atoms with Gasteiger partial charge in [-0.3, -0.25) is 4.90 Å². The summed E-state index contributed by atoms with van der Waals surface area (Å²) in [7, 11) is 0. The monoisotopic (exact) mass is 240 g/mol. The Labute approximate surface area is 100 Å². The van der Waals surface area contributed by atoms with Crippen LogP contribution in [-0.4, -0.2) is 33.8 Å². The van der Waals surface area contributed by atoms with Crippen LogP contribution in [0.1, 0.15) is 31.0 Å². The summed E-state index contributed by atoms with van der Waals surface area (Å²) in [5.74, 6) is 0.627.